The van der Waals surface area contributed by atoms with Crippen LogP contribution in [0.15, 0.2) is 29.2 Å². The molecule has 25 heavy (non-hydrogen) atoms. The number of hydrogen-bond donors (Lipinski definition) is 2. The number of carbonyl (C=O) groups is 2. The zero-order valence-corrected chi connectivity index (χ0v) is 16.5. The predicted molar refractivity (Wildman–Crippen MR) is 95.0 cm³/mol. The summed E-state index contributed by atoms with van der Waals surface area (Å²) < 4.78 is 32.0. The van der Waals surface area contributed by atoms with Gasteiger partial charge in [0.1, 0.15) is 6.04 Å². The second-order valence-electron chi connectivity index (χ2n) is 5.90. The van der Waals surface area contributed by atoms with Gasteiger partial charge in [-0.15, -0.1) is 0 Å². The van der Waals surface area contributed by atoms with E-state index in [0.29, 0.717) is 0 Å². The maximum atomic E-state index is 12.6. The first-order valence-electron chi connectivity index (χ1n) is 7.17. The fourth-order valence-electron chi connectivity index (χ4n) is 1.99. The summed E-state index contributed by atoms with van der Waals surface area (Å²) in [6.07, 6.45) is 0. The standard InChI is InChI=1S/C15H20Cl2N2O5S/c1-9-5-7-10(8-6-9)25(22,23)19-11(14(21)24-4)15(2,3)18-13(20)12(16)17/h5-8,11-12,19H,1-4H3,(H,18,20)/t11-/m1/s1. The van der Waals surface area contributed by atoms with Crippen LogP contribution in [0, 0.1) is 6.92 Å². The van der Waals surface area contributed by atoms with E-state index in [1.165, 1.54) is 26.0 Å². The van der Waals surface area contributed by atoms with Crippen LogP contribution in [0.3, 0.4) is 0 Å². The molecule has 0 aliphatic carbocycles. The van der Waals surface area contributed by atoms with Crippen LogP contribution in [-0.2, 0) is 24.3 Å². The number of sulfonamides is 1. The summed E-state index contributed by atoms with van der Waals surface area (Å²) in [5, 5.41) is 2.42. The molecule has 0 aliphatic rings. The zero-order chi connectivity index (χ0) is 19.4. The molecule has 2 N–H and O–H groups in total. The Balaban J connectivity index is 3.17. The molecule has 0 aliphatic heterocycles. The Morgan fingerprint density at radius 3 is 2.12 bits per heavy atom. The number of nitrogens with one attached hydrogen (secondary N) is 2. The van der Waals surface area contributed by atoms with Crippen LogP contribution in [0.4, 0.5) is 0 Å². The topological polar surface area (TPSA) is 102 Å². The molecule has 1 rings (SSSR count). The third-order valence-corrected chi connectivity index (χ3v) is 5.24. The van der Waals surface area contributed by atoms with Gasteiger partial charge in [-0.05, 0) is 32.9 Å². The third-order valence-electron chi connectivity index (χ3n) is 3.41. The fourth-order valence-corrected chi connectivity index (χ4v) is 3.43. The predicted octanol–water partition coefficient (Wildman–Crippen LogP) is 1.51. The second kappa shape index (κ2) is 8.35. The van der Waals surface area contributed by atoms with E-state index in [2.05, 4.69) is 14.8 Å². The van der Waals surface area contributed by atoms with Gasteiger partial charge >= 0.3 is 5.97 Å². The number of rotatable bonds is 7. The van der Waals surface area contributed by atoms with Gasteiger partial charge < -0.3 is 10.1 Å². The van der Waals surface area contributed by atoms with Gasteiger partial charge in [0.05, 0.1) is 17.5 Å². The van der Waals surface area contributed by atoms with E-state index in [9.17, 15) is 18.0 Å². The Morgan fingerprint density at radius 2 is 1.68 bits per heavy atom. The summed E-state index contributed by atoms with van der Waals surface area (Å²) in [5.41, 5.74) is -0.476. The maximum absolute atomic E-state index is 12.6. The Hall–Kier alpha value is -1.35. The Bertz CT molecular complexity index is 733. The molecule has 0 aromatic heterocycles. The van der Waals surface area contributed by atoms with Crippen molar-refractivity contribution in [1.82, 2.24) is 10.0 Å². The Kier molecular flexibility index (Phi) is 7.25. The molecule has 7 nitrogen and oxygen atoms in total. The number of hydrogen-bond acceptors (Lipinski definition) is 5. The number of ether oxygens (including phenoxy) is 1. The molecule has 0 radical (unpaired) electrons. The highest BCUT2D eigenvalue weighted by Gasteiger charge is 2.41. The van der Waals surface area contributed by atoms with E-state index < -0.39 is 38.3 Å². The van der Waals surface area contributed by atoms with Crippen molar-refractivity contribution in [3.63, 3.8) is 0 Å². The Morgan fingerprint density at radius 1 is 1.16 bits per heavy atom. The van der Waals surface area contributed by atoms with E-state index in [1.807, 2.05) is 6.92 Å². The summed E-state index contributed by atoms with van der Waals surface area (Å²) in [4.78, 5) is 22.5. The molecule has 0 unspecified atom stereocenters. The van der Waals surface area contributed by atoms with Crippen LogP contribution >= 0.6 is 23.2 Å². The number of esters is 1. The number of alkyl halides is 2. The molecule has 0 heterocycles. The van der Waals surface area contributed by atoms with Crippen LogP contribution in [0.5, 0.6) is 0 Å². The van der Waals surface area contributed by atoms with Crippen molar-refractivity contribution >= 4 is 45.1 Å². The summed E-state index contributed by atoms with van der Waals surface area (Å²) in [7, 11) is -2.93. The largest absolute Gasteiger partial charge is 0.468 e. The van der Waals surface area contributed by atoms with Crippen molar-refractivity contribution in [1.29, 1.82) is 0 Å². The fraction of sp³-hybridized carbons (Fsp3) is 0.467. The monoisotopic (exact) mass is 410 g/mol. The van der Waals surface area contributed by atoms with Crippen molar-refractivity contribution in [2.45, 2.75) is 42.1 Å². The third kappa shape index (κ3) is 5.85. The van der Waals surface area contributed by atoms with Crippen molar-refractivity contribution in [2.24, 2.45) is 0 Å². The zero-order valence-electron chi connectivity index (χ0n) is 14.2. The van der Waals surface area contributed by atoms with E-state index in [4.69, 9.17) is 23.2 Å². The number of benzene rings is 1. The second-order valence-corrected chi connectivity index (χ2v) is 8.71. The van der Waals surface area contributed by atoms with Crippen molar-refractivity contribution < 1.29 is 22.7 Å². The highest BCUT2D eigenvalue weighted by atomic mass is 35.5. The van der Waals surface area contributed by atoms with Gasteiger partial charge in [-0.3, -0.25) is 9.59 Å². The van der Waals surface area contributed by atoms with Crippen molar-refractivity contribution in [3.8, 4) is 0 Å². The average molecular weight is 411 g/mol. The van der Waals surface area contributed by atoms with E-state index in [-0.39, 0.29) is 4.90 Å². The van der Waals surface area contributed by atoms with Crippen LogP contribution in [0.1, 0.15) is 19.4 Å². The molecule has 0 saturated heterocycles. The average Bonchev–Trinajstić information content (AvgIpc) is 2.51. The minimum Gasteiger partial charge on any atom is -0.468 e. The van der Waals surface area contributed by atoms with Gasteiger partial charge in [0.2, 0.25) is 10.0 Å². The van der Waals surface area contributed by atoms with Gasteiger partial charge in [-0.25, -0.2) is 8.42 Å². The lowest BCUT2D eigenvalue weighted by molar-refractivity contribution is -0.144. The first kappa shape index (κ1) is 21.7. The SMILES string of the molecule is COC(=O)[C@@H](NS(=O)(=O)c1ccc(C)cc1)C(C)(C)NC(=O)C(Cl)Cl. The molecule has 0 bridgehead atoms. The van der Waals surface area contributed by atoms with Crippen molar-refractivity contribution in [3.05, 3.63) is 29.8 Å². The molecule has 1 atom stereocenters. The van der Waals surface area contributed by atoms with E-state index >= 15 is 0 Å². The molecule has 10 heteroatoms. The van der Waals surface area contributed by atoms with Crippen LogP contribution < -0.4 is 10.0 Å². The maximum Gasteiger partial charge on any atom is 0.326 e. The molecule has 1 aromatic carbocycles. The van der Waals surface area contributed by atoms with E-state index in [0.717, 1.165) is 12.7 Å². The number of carbonyl (C=O) groups excluding carboxylic acids is 2. The van der Waals surface area contributed by atoms with Gasteiger partial charge in [0.15, 0.2) is 4.84 Å². The first-order valence-corrected chi connectivity index (χ1v) is 9.53. The van der Waals surface area contributed by atoms with Gasteiger partial charge in [-0.1, -0.05) is 40.9 Å². The quantitative estimate of drug-likeness (QED) is 0.523. The highest BCUT2D eigenvalue weighted by Crippen LogP contribution is 2.17. The minimum absolute atomic E-state index is 0.0262. The molecule has 0 fully saturated rings. The molecule has 0 saturated carbocycles. The molecule has 1 amide bonds. The summed E-state index contributed by atoms with van der Waals surface area (Å²) in [6.45, 7) is 4.70. The lowest BCUT2D eigenvalue weighted by Crippen LogP contribution is -2.62. The number of halogens is 2. The first-order chi connectivity index (χ1) is 11.4. The lowest BCUT2D eigenvalue weighted by atomic mass is 9.95. The van der Waals surface area contributed by atoms with Crippen molar-refractivity contribution in [2.75, 3.05) is 7.11 Å². The number of methoxy groups -OCH3 is 1. The Labute approximate surface area is 157 Å². The number of aryl methyl sites for hydroxylation is 1. The molecular formula is C15H20Cl2N2O5S. The smallest absolute Gasteiger partial charge is 0.326 e. The van der Waals surface area contributed by atoms with Gasteiger partial charge in [-0.2, -0.15) is 4.72 Å². The molecule has 0 spiro atoms. The highest BCUT2D eigenvalue weighted by molar-refractivity contribution is 7.89. The van der Waals surface area contributed by atoms with Crippen LogP contribution in [-0.4, -0.2) is 43.8 Å². The summed E-state index contributed by atoms with van der Waals surface area (Å²) in [5.74, 6) is -1.64. The van der Waals surface area contributed by atoms with Crippen LogP contribution in [0.25, 0.3) is 0 Å². The normalized spacial score (nSPS) is 13.4. The van der Waals surface area contributed by atoms with Gasteiger partial charge in [0.25, 0.3) is 5.91 Å². The molecule has 140 valence electrons. The van der Waals surface area contributed by atoms with Crippen LogP contribution in [0.2, 0.25) is 0 Å². The van der Waals surface area contributed by atoms with E-state index in [1.54, 1.807) is 12.1 Å². The lowest BCUT2D eigenvalue weighted by Gasteiger charge is -2.33. The summed E-state index contributed by atoms with van der Waals surface area (Å²) >= 11 is 11.0. The number of amides is 1. The molecule has 1 aromatic rings. The van der Waals surface area contributed by atoms with Gasteiger partial charge in [0, 0.05) is 0 Å². The minimum atomic E-state index is -4.04. The molecular weight excluding hydrogens is 391 g/mol. The summed E-state index contributed by atoms with van der Waals surface area (Å²) in [6, 6.07) is 4.66.